The number of aromatic nitrogens is 1. The van der Waals surface area contributed by atoms with E-state index in [0.717, 1.165) is 17.1 Å². The van der Waals surface area contributed by atoms with Crippen LogP contribution in [0.15, 0.2) is 18.2 Å². The predicted octanol–water partition coefficient (Wildman–Crippen LogP) is 3.76. The lowest BCUT2D eigenvalue weighted by Crippen LogP contribution is -2.21. The first-order chi connectivity index (χ1) is 9.51. The Morgan fingerprint density at radius 3 is 2.75 bits per heavy atom. The standard InChI is InChI=1S/C15H19FN2OS/c1-9(2)17-8-14-10(3)18-15(20-14)12-6-5-11(19-4)7-13(12)16/h5-7,9,17H,8H2,1-4H3. The monoisotopic (exact) mass is 294 g/mol. The summed E-state index contributed by atoms with van der Waals surface area (Å²) < 4.78 is 19.1. The van der Waals surface area contributed by atoms with Crippen LogP contribution in [0.3, 0.4) is 0 Å². The van der Waals surface area contributed by atoms with Gasteiger partial charge in [-0.25, -0.2) is 9.37 Å². The number of hydrogen-bond donors (Lipinski definition) is 1. The van der Waals surface area contributed by atoms with E-state index in [1.165, 1.54) is 24.5 Å². The lowest BCUT2D eigenvalue weighted by atomic mass is 10.2. The summed E-state index contributed by atoms with van der Waals surface area (Å²) in [6, 6.07) is 5.27. The van der Waals surface area contributed by atoms with Gasteiger partial charge in [-0.3, -0.25) is 0 Å². The van der Waals surface area contributed by atoms with Crippen LogP contribution in [0.1, 0.15) is 24.4 Å². The van der Waals surface area contributed by atoms with Gasteiger partial charge in [-0.2, -0.15) is 0 Å². The topological polar surface area (TPSA) is 34.1 Å². The Balaban J connectivity index is 2.27. The van der Waals surface area contributed by atoms with Crippen LogP contribution in [-0.2, 0) is 6.54 Å². The van der Waals surface area contributed by atoms with Gasteiger partial charge in [0.05, 0.1) is 12.8 Å². The number of aryl methyl sites for hydroxylation is 1. The summed E-state index contributed by atoms with van der Waals surface area (Å²) >= 11 is 1.53. The number of benzene rings is 1. The van der Waals surface area contributed by atoms with E-state index in [0.29, 0.717) is 22.4 Å². The molecule has 0 aliphatic heterocycles. The molecule has 0 spiro atoms. The first-order valence-electron chi connectivity index (χ1n) is 6.55. The molecule has 1 aromatic heterocycles. The molecule has 20 heavy (non-hydrogen) atoms. The number of halogens is 1. The van der Waals surface area contributed by atoms with Crippen molar-refractivity contribution in [2.24, 2.45) is 0 Å². The first-order valence-corrected chi connectivity index (χ1v) is 7.36. The number of hydrogen-bond acceptors (Lipinski definition) is 4. The molecular weight excluding hydrogens is 275 g/mol. The highest BCUT2D eigenvalue weighted by Crippen LogP contribution is 2.31. The summed E-state index contributed by atoms with van der Waals surface area (Å²) in [6.07, 6.45) is 0. The Kier molecular flexibility index (Phi) is 4.73. The van der Waals surface area contributed by atoms with Crippen LogP contribution in [0.2, 0.25) is 0 Å². The second-order valence-electron chi connectivity index (χ2n) is 4.91. The van der Waals surface area contributed by atoms with Crippen LogP contribution < -0.4 is 10.1 Å². The fourth-order valence-corrected chi connectivity index (χ4v) is 2.84. The molecule has 0 unspecified atom stereocenters. The van der Waals surface area contributed by atoms with Gasteiger partial charge in [0, 0.05) is 29.1 Å². The number of thiazole rings is 1. The van der Waals surface area contributed by atoms with Crippen LogP contribution >= 0.6 is 11.3 Å². The van der Waals surface area contributed by atoms with Crippen molar-refractivity contribution >= 4 is 11.3 Å². The molecule has 0 aliphatic rings. The molecule has 2 rings (SSSR count). The predicted molar refractivity (Wildman–Crippen MR) is 80.8 cm³/mol. The van der Waals surface area contributed by atoms with Crippen molar-refractivity contribution in [1.82, 2.24) is 10.3 Å². The lowest BCUT2D eigenvalue weighted by molar-refractivity contribution is 0.411. The van der Waals surface area contributed by atoms with Crippen LogP contribution in [0.25, 0.3) is 10.6 Å². The van der Waals surface area contributed by atoms with E-state index in [2.05, 4.69) is 24.1 Å². The van der Waals surface area contributed by atoms with Crippen molar-refractivity contribution in [3.63, 3.8) is 0 Å². The van der Waals surface area contributed by atoms with E-state index in [4.69, 9.17) is 4.74 Å². The molecule has 108 valence electrons. The summed E-state index contributed by atoms with van der Waals surface area (Å²) in [5, 5.41) is 4.07. The molecule has 3 nitrogen and oxygen atoms in total. The summed E-state index contributed by atoms with van der Waals surface area (Å²) in [5.41, 5.74) is 1.48. The summed E-state index contributed by atoms with van der Waals surface area (Å²) in [6.45, 7) is 6.92. The largest absolute Gasteiger partial charge is 0.497 e. The third kappa shape index (κ3) is 3.35. The zero-order valence-corrected chi connectivity index (χ0v) is 13.0. The Bertz CT molecular complexity index is 596. The van der Waals surface area contributed by atoms with Crippen LogP contribution in [0.4, 0.5) is 4.39 Å². The van der Waals surface area contributed by atoms with E-state index < -0.39 is 0 Å². The number of nitrogens with zero attached hydrogens (tertiary/aromatic N) is 1. The van der Waals surface area contributed by atoms with Gasteiger partial charge in [0.1, 0.15) is 16.6 Å². The number of ether oxygens (including phenoxy) is 1. The second-order valence-corrected chi connectivity index (χ2v) is 5.99. The Morgan fingerprint density at radius 2 is 2.15 bits per heavy atom. The van der Waals surface area contributed by atoms with Gasteiger partial charge in [0.2, 0.25) is 0 Å². The normalized spacial score (nSPS) is 11.1. The smallest absolute Gasteiger partial charge is 0.137 e. The average molecular weight is 294 g/mol. The fourth-order valence-electron chi connectivity index (χ4n) is 1.80. The molecule has 2 aromatic rings. The van der Waals surface area contributed by atoms with E-state index in [1.54, 1.807) is 12.1 Å². The first kappa shape index (κ1) is 14.9. The Hall–Kier alpha value is -1.46. The SMILES string of the molecule is COc1ccc(-c2nc(C)c(CNC(C)C)s2)c(F)c1. The van der Waals surface area contributed by atoms with Crippen molar-refractivity contribution in [3.8, 4) is 16.3 Å². The summed E-state index contributed by atoms with van der Waals surface area (Å²) in [5.74, 6) is 0.211. The maximum absolute atomic E-state index is 14.0. The van der Waals surface area contributed by atoms with Gasteiger partial charge >= 0.3 is 0 Å². The highest BCUT2D eigenvalue weighted by molar-refractivity contribution is 7.15. The van der Waals surface area contributed by atoms with Gasteiger partial charge in [0.15, 0.2) is 0 Å². The second kappa shape index (κ2) is 6.33. The molecule has 0 bridgehead atoms. The molecule has 0 radical (unpaired) electrons. The maximum atomic E-state index is 14.0. The molecule has 0 aliphatic carbocycles. The average Bonchev–Trinajstić information content (AvgIpc) is 2.77. The van der Waals surface area contributed by atoms with Gasteiger partial charge < -0.3 is 10.1 Å². The van der Waals surface area contributed by atoms with Gasteiger partial charge in [-0.05, 0) is 19.1 Å². The van der Waals surface area contributed by atoms with Crippen molar-refractivity contribution < 1.29 is 9.13 Å². The highest BCUT2D eigenvalue weighted by Gasteiger charge is 2.13. The van der Waals surface area contributed by atoms with Crippen molar-refractivity contribution in [1.29, 1.82) is 0 Å². The van der Waals surface area contributed by atoms with E-state index in [-0.39, 0.29) is 5.82 Å². The van der Waals surface area contributed by atoms with Crippen LogP contribution in [0.5, 0.6) is 5.75 Å². The molecule has 0 atom stereocenters. The van der Waals surface area contributed by atoms with E-state index in [1.807, 2.05) is 6.92 Å². The van der Waals surface area contributed by atoms with Crippen LogP contribution in [-0.4, -0.2) is 18.1 Å². The molecule has 1 aromatic carbocycles. The minimum Gasteiger partial charge on any atom is -0.497 e. The zero-order valence-electron chi connectivity index (χ0n) is 12.2. The highest BCUT2D eigenvalue weighted by atomic mass is 32.1. The van der Waals surface area contributed by atoms with E-state index in [9.17, 15) is 4.39 Å². The summed E-state index contributed by atoms with van der Waals surface area (Å²) in [4.78, 5) is 5.62. The third-order valence-electron chi connectivity index (χ3n) is 2.97. The van der Waals surface area contributed by atoms with Gasteiger partial charge in [-0.1, -0.05) is 13.8 Å². The number of nitrogens with one attached hydrogen (secondary N) is 1. The van der Waals surface area contributed by atoms with Gasteiger partial charge in [-0.15, -0.1) is 11.3 Å². The van der Waals surface area contributed by atoms with E-state index >= 15 is 0 Å². The Morgan fingerprint density at radius 1 is 1.40 bits per heavy atom. The molecule has 1 N–H and O–H groups in total. The fraction of sp³-hybridized carbons (Fsp3) is 0.400. The molecular formula is C15H19FN2OS. The molecule has 1 heterocycles. The lowest BCUT2D eigenvalue weighted by Gasteiger charge is -2.06. The van der Waals surface area contributed by atoms with Gasteiger partial charge in [0.25, 0.3) is 0 Å². The molecule has 0 saturated carbocycles. The maximum Gasteiger partial charge on any atom is 0.137 e. The number of rotatable bonds is 5. The van der Waals surface area contributed by atoms with Crippen molar-refractivity contribution in [2.75, 3.05) is 7.11 Å². The number of methoxy groups -OCH3 is 1. The van der Waals surface area contributed by atoms with Crippen LogP contribution in [0, 0.1) is 12.7 Å². The van der Waals surface area contributed by atoms with Crippen molar-refractivity contribution in [3.05, 3.63) is 34.6 Å². The quantitative estimate of drug-likeness (QED) is 0.911. The molecule has 0 saturated heterocycles. The minimum atomic E-state index is -0.304. The third-order valence-corrected chi connectivity index (χ3v) is 4.16. The minimum absolute atomic E-state index is 0.304. The molecule has 0 fully saturated rings. The Labute approximate surface area is 122 Å². The zero-order chi connectivity index (χ0) is 14.7. The molecule has 0 amide bonds. The molecule has 5 heteroatoms. The van der Waals surface area contributed by atoms with Crippen molar-refractivity contribution in [2.45, 2.75) is 33.4 Å². The summed E-state index contributed by atoms with van der Waals surface area (Å²) in [7, 11) is 1.53.